The second kappa shape index (κ2) is 9.42. The molecule has 1 N–H and O–H groups in total. The standard InChI is InChI=1S/C17H29N3O4/c1-6-24-9-7-8-20(11-12(2)17(22)23)16(21)10-15-13(3)18-19(5)14(15)4/h12H,6-11H2,1-5H3,(H,22,23). The van der Waals surface area contributed by atoms with E-state index in [1.54, 1.807) is 16.5 Å². The van der Waals surface area contributed by atoms with Crippen LogP contribution in [0.25, 0.3) is 0 Å². The Morgan fingerprint density at radius 1 is 1.38 bits per heavy atom. The van der Waals surface area contributed by atoms with Gasteiger partial charge in [0.2, 0.25) is 5.91 Å². The number of hydrogen-bond acceptors (Lipinski definition) is 4. The van der Waals surface area contributed by atoms with Gasteiger partial charge in [-0.3, -0.25) is 14.3 Å². The highest BCUT2D eigenvalue weighted by Crippen LogP contribution is 2.15. The monoisotopic (exact) mass is 339 g/mol. The zero-order chi connectivity index (χ0) is 18.3. The number of rotatable bonds is 10. The molecule has 1 amide bonds. The van der Waals surface area contributed by atoms with Crippen LogP contribution in [0.4, 0.5) is 0 Å². The lowest BCUT2D eigenvalue weighted by Crippen LogP contribution is -2.39. The van der Waals surface area contributed by atoms with Crippen molar-refractivity contribution >= 4 is 11.9 Å². The molecule has 1 atom stereocenters. The van der Waals surface area contributed by atoms with Crippen molar-refractivity contribution in [2.24, 2.45) is 13.0 Å². The molecule has 0 fully saturated rings. The van der Waals surface area contributed by atoms with E-state index in [0.29, 0.717) is 26.2 Å². The van der Waals surface area contributed by atoms with E-state index < -0.39 is 11.9 Å². The molecule has 7 nitrogen and oxygen atoms in total. The molecule has 1 heterocycles. The number of ether oxygens (including phenoxy) is 1. The summed E-state index contributed by atoms with van der Waals surface area (Å²) in [5.74, 6) is -1.57. The lowest BCUT2D eigenvalue weighted by molar-refractivity contribution is -0.143. The number of aryl methyl sites for hydroxylation is 2. The third kappa shape index (κ3) is 5.63. The fraction of sp³-hybridized carbons (Fsp3) is 0.706. The molecule has 0 aliphatic heterocycles. The van der Waals surface area contributed by atoms with Gasteiger partial charge >= 0.3 is 5.97 Å². The molecular formula is C17H29N3O4. The Balaban J connectivity index is 2.79. The lowest BCUT2D eigenvalue weighted by Gasteiger charge is -2.25. The minimum Gasteiger partial charge on any atom is -0.481 e. The highest BCUT2D eigenvalue weighted by molar-refractivity contribution is 5.80. The first-order chi connectivity index (χ1) is 11.3. The first-order valence-corrected chi connectivity index (χ1v) is 8.35. The molecule has 0 aromatic carbocycles. The van der Waals surface area contributed by atoms with Gasteiger partial charge in [-0.2, -0.15) is 5.10 Å². The third-order valence-corrected chi connectivity index (χ3v) is 4.18. The number of carbonyl (C=O) groups excluding carboxylic acids is 1. The zero-order valence-corrected chi connectivity index (χ0v) is 15.3. The number of hydrogen-bond donors (Lipinski definition) is 1. The molecule has 24 heavy (non-hydrogen) atoms. The predicted molar refractivity (Wildman–Crippen MR) is 90.9 cm³/mol. The molecule has 0 spiro atoms. The second-order valence-electron chi connectivity index (χ2n) is 6.08. The number of carboxylic acid groups (broad SMARTS) is 1. The van der Waals surface area contributed by atoms with Crippen LogP contribution in [0.2, 0.25) is 0 Å². The second-order valence-corrected chi connectivity index (χ2v) is 6.08. The minimum absolute atomic E-state index is 0.0706. The van der Waals surface area contributed by atoms with E-state index in [-0.39, 0.29) is 18.9 Å². The Bertz CT molecular complexity index is 568. The Kier molecular flexibility index (Phi) is 7.91. The van der Waals surface area contributed by atoms with Gasteiger partial charge < -0.3 is 14.7 Å². The molecule has 1 unspecified atom stereocenters. The first-order valence-electron chi connectivity index (χ1n) is 8.35. The van der Waals surface area contributed by atoms with Gasteiger partial charge in [-0.1, -0.05) is 6.92 Å². The van der Waals surface area contributed by atoms with Crippen LogP contribution in [0.5, 0.6) is 0 Å². The summed E-state index contributed by atoms with van der Waals surface area (Å²) >= 11 is 0. The summed E-state index contributed by atoms with van der Waals surface area (Å²) in [6, 6.07) is 0. The summed E-state index contributed by atoms with van der Waals surface area (Å²) in [6.45, 7) is 9.25. The van der Waals surface area contributed by atoms with Crippen LogP contribution in [0, 0.1) is 19.8 Å². The molecule has 0 radical (unpaired) electrons. The van der Waals surface area contributed by atoms with Crippen molar-refractivity contribution in [2.75, 3.05) is 26.3 Å². The Morgan fingerprint density at radius 3 is 2.54 bits per heavy atom. The van der Waals surface area contributed by atoms with Crippen LogP contribution in [-0.4, -0.2) is 58.0 Å². The predicted octanol–water partition coefficient (Wildman–Crippen LogP) is 1.56. The number of amides is 1. The van der Waals surface area contributed by atoms with Crippen LogP contribution < -0.4 is 0 Å². The van der Waals surface area contributed by atoms with Crippen LogP contribution in [-0.2, 0) is 27.8 Å². The first kappa shape index (κ1) is 20.2. The molecule has 0 saturated heterocycles. The van der Waals surface area contributed by atoms with Crippen molar-refractivity contribution in [2.45, 2.75) is 40.5 Å². The molecule has 0 bridgehead atoms. The lowest BCUT2D eigenvalue weighted by atomic mass is 10.1. The van der Waals surface area contributed by atoms with Gasteiger partial charge in [0.05, 0.1) is 18.0 Å². The maximum Gasteiger partial charge on any atom is 0.308 e. The fourth-order valence-corrected chi connectivity index (χ4v) is 2.56. The largest absolute Gasteiger partial charge is 0.481 e. The summed E-state index contributed by atoms with van der Waals surface area (Å²) in [5.41, 5.74) is 2.71. The van der Waals surface area contributed by atoms with Gasteiger partial charge in [0, 0.05) is 44.6 Å². The minimum atomic E-state index is -0.897. The maximum absolute atomic E-state index is 12.7. The highest BCUT2D eigenvalue weighted by Gasteiger charge is 2.22. The molecule has 136 valence electrons. The highest BCUT2D eigenvalue weighted by atomic mass is 16.5. The summed E-state index contributed by atoms with van der Waals surface area (Å²) in [4.78, 5) is 25.5. The molecule has 0 aliphatic rings. The smallest absolute Gasteiger partial charge is 0.308 e. The van der Waals surface area contributed by atoms with Gasteiger partial charge in [-0.05, 0) is 27.2 Å². The summed E-state index contributed by atoms with van der Waals surface area (Å²) in [7, 11) is 1.85. The van der Waals surface area contributed by atoms with E-state index >= 15 is 0 Å². The van der Waals surface area contributed by atoms with Gasteiger partial charge in [-0.15, -0.1) is 0 Å². The number of nitrogens with zero attached hydrogens (tertiary/aromatic N) is 3. The van der Waals surface area contributed by atoms with Crippen LogP contribution in [0.1, 0.15) is 37.2 Å². The van der Waals surface area contributed by atoms with E-state index in [0.717, 1.165) is 17.0 Å². The average molecular weight is 339 g/mol. The molecule has 0 saturated carbocycles. The quantitative estimate of drug-likeness (QED) is 0.654. The van der Waals surface area contributed by atoms with Crippen molar-refractivity contribution in [1.29, 1.82) is 0 Å². The molecule has 1 aromatic heterocycles. The summed E-state index contributed by atoms with van der Waals surface area (Å²) in [6.07, 6.45) is 0.934. The Morgan fingerprint density at radius 2 is 2.04 bits per heavy atom. The van der Waals surface area contributed by atoms with Crippen molar-refractivity contribution in [1.82, 2.24) is 14.7 Å². The third-order valence-electron chi connectivity index (χ3n) is 4.18. The fourth-order valence-electron chi connectivity index (χ4n) is 2.56. The normalized spacial score (nSPS) is 12.2. The van der Waals surface area contributed by atoms with Crippen molar-refractivity contribution < 1.29 is 19.4 Å². The summed E-state index contributed by atoms with van der Waals surface area (Å²) in [5, 5.41) is 13.5. The average Bonchev–Trinajstić information content (AvgIpc) is 2.76. The Labute approximate surface area is 143 Å². The van der Waals surface area contributed by atoms with Crippen molar-refractivity contribution in [3.63, 3.8) is 0 Å². The zero-order valence-electron chi connectivity index (χ0n) is 15.3. The van der Waals surface area contributed by atoms with E-state index in [2.05, 4.69) is 5.10 Å². The van der Waals surface area contributed by atoms with Crippen molar-refractivity contribution in [3.8, 4) is 0 Å². The van der Waals surface area contributed by atoms with Gasteiger partial charge in [-0.25, -0.2) is 0 Å². The maximum atomic E-state index is 12.7. The molecule has 1 aromatic rings. The van der Waals surface area contributed by atoms with E-state index in [4.69, 9.17) is 9.84 Å². The van der Waals surface area contributed by atoms with Crippen LogP contribution in [0.15, 0.2) is 0 Å². The van der Waals surface area contributed by atoms with E-state index in [9.17, 15) is 9.59 Å². The number of carboxylic acids is 1. The summed E-state index contributed by atoms with van der Waals surface area (Å²) < 4.78 is 7.07. The van der Waals surface area contributed by atoms with Gasteiger partial charge in [0.1, 0.15) is 0 Å². The number of aromatic nitrogens is 2. The van der Waals surface area contributed by atoms with E-state index in [1.165, 1.54) is 0 Å². The Hall–Kier alpha value is -1.89. The van der Waals surface area contributed by atoms with Crippen molar-refractivity contribution in [3.05, 3.63) is 17.0 Å². The van der Waals surface area contributed by atoms with Crippen LogP contribution in [0.3, 0.4) is 0 Å². The molecule has 0 aliphatic carbocycles. The van der Waals surface area contributed by atoms with Gasteiger partial charge in [0.15, 0.2) is 0 Å². The number of carbonyl (C=O) groups is 2. The topological polar surface area (TPSA) is 84.7 Å². The van der Waals surface area contributed by atoms with E-state index in [1.807, 2.05) is 27.8 Å². The van der Waals surface area contributed by atoms with Crippen LogP contribution >= 0.6 is 0 Å². The number of aliphatic carboxylic acids is 1. The molecular weight excluding hydrogens is 310 g/mol. The molecule has 7 heteroatoms. The SMILES string of the molecule is CCOCCCN(CC(C)C(=O)O)C(=O)Cc1c(C)nn(C)c1C. The molecule has 1 rings (SSSR count). The van der Waals surface area contributed by atoms with Gasteiger partial charge in [0.25, 0.3) is 0 Å².